The van der Waals surface area contributed by atoms with E-state index >= 15 is 0 Å². The SMILES string of the molecule is CC1CC(N2CCN(c3ccc4nncn4n3)CC2)C(=O)O1. The summed E-state index contributed by atoms with van der Waals surface area (Å²) < 4.78 is 6.93. The lowest BCUT2D eigenvalue weighted by Crippen LogP contribution is -2.52. The van der Waals surface area contributed by atoms with Crippen molar-refractivity contribution in [3.05, 3.63) is 18.5 Å². The Morgan fingerprint density at radius 2 is 2.05 bits per heavy atom. The van der Waals surface area contributed by atoms with E-state index in [1.165, 1.54) is 0 Å². The van der Waals surface area contributed by atoms with Crippen molar-refractivity contribution in [2.45, 2.75) is 25.5 Å². The number of esters is 1. The minimum atomic E-state index is -0.0787. The highest BCUT2D eigenvalue weighted by atomic mass is 16.6. The molecule has 2 aromatic heterocycles. The summed E-state index contributed by atoms with van der Waals surface area (Å²) in [6, 6.07) is 3.80. The molecule has 2 unspecified atom stereocenters. The Hall–Kier alpha value is -2.22. The number of cyclic esters (lactones) is 1. The average Bonchev–Trinajstić information content (AvgIpc) is 3.12. The Morgan fingerprint density at radius 1 is 1.23 bits per heavy atom. The number of piperazine rings is 1. The van der Waals surface area contributed by atoms with Crippen molar-refractivity contribution in [1.82, 2.24) is 24.7 Å². The van der Waals surface area contributed by atoms with Crippen LogP contribution in [0.5, 0.6) is 0 Å². The van der Waals surface area contributed by atoms with Crippen molar-refractivity contribution >= 4 is 17.4 Å². The van der Waals surface area contributed by atoms with Gasteiger partial charge in [0, 0.05) is 32.6 Å². The van der Waals surface area contributed by atoms with E-state index in [0.29, 0.717) is 0 Å². The number of carbonyl (C=O) groups excluding carboxylic acids is 1. The number of aromatic nitrogens is 4. The molecule has 2 aliphatic heterocycles. The molecule has 2 aromatic rings. The molecule has 2 aliphatic rings. The molecule has 0 amide bonds. The highest BCUT2D eigenvalue weighted by molar-refractivity contribution is 5.78. The number of hydrogen-bond donors (Lipinski definition) is 0. The van der Waals surface area contributed by atoms with Crippen LogP contribution >= 0.6 is 0 Å². The molecule has 0 saturated carbocycles. The van der Waals surface area contributed by atoms with Crippen LogP contribution in [0.1, 0.15) is 13.3 Å². The van der Waals surface area contributed by atoms with E-state index in [1.54, 1.807) is 10.8 Å². The predicted molar refractivity (Wildman–Crippen MR) is 78.5 cm³/mol. The topological polar surface area (TPSA) is 75.9 Å². The second-order valence-corrected chi connectivity index (χ2v) is 5.85. The molecule has 4 heterocycles. The fourth-order valence-electron chi connectivity index (χ4n) is 3.18. The largest absolute Gasteiger partial charge is 0.461 e. The van der Waals surface area contributed by atoms with Crippen LogP contribution in [0.15, 0.2) is 18.5 Å². The molecular weight excluding hydrogens is 284 g/mol. The van der Waals surface area contributed by atoms with Gasteiger partial charge >= 0.3 is 5.97 Å². The summed E-state index contributed by atoms with van der Waals surface area (Å²) in [5.41, 5.74) is 0.741. The number of rotatable bonds is 2. The van der Waals surface area contributed by atoms with Crippen LogP contribution in [-0.2, 0) is 9.53 Å². The van der Waals surface area contributed by atoms with Gasteiger partial charge in [-0.05, 0) is 19.1 Å². The zero-order chi connectivity index (χ0) is 15.1. The smallest absolute Gasteiger partial charge is 0.323 e. The Bertz CT molecular complexity index is 693. The van der Waals surface area contributed by atoms with E-state index < -0.39 is 0 Å². The van der Waals surface area contributed by atoms with E-state index in [4.69, 9.17) is 4.74 Å². The van der Waals surface area contributed by atoms with Crippen molar-refractivity contribution in [3.63, 3.8) is 0 Å². The normalized spacial score (nSPS) is 26.6. The lowest BCUT2D eigenvalue weighted by molar-refractivity contribution is -0.144. The third kappa shape index (κ3) is 2.29. The maximum Gasteiger partial charge on any atom is 0.323 e. The monoisotopic (exact) mass is 302 g/mol. The fraction of sp³-hybridized carbons (Fsp3) is 0.571. The Morgan fingerprint density at radius 3 is 2.77 bits per heavy atom. The standard InChI is InChI=1S/C14H18N6O2/c1-10-8-11(14(21)22-10)18-4-6-19(7-5-18)13-3-2-12-16-15-9-20(12)17-13/h2-3,9-11H,4-8H2,1H3. The first-order chi connectivity index (χ1) is 10.7. The molecule has 4 rings (SSSR count). The first-order valence-corrected chi connectivity index (χ1v) is 7.57. The first kappa shape index (κ1) is 13.4. The van der Waals surface area contributed by atoms with Crippen LogP contribution in [0.3, 0.4) is 0 Å². The van der Waals surface area contributed by atoms with Gasteiger partial charge in [-0.2, -0.15) is 4.52 Å². The fourth-order valence-corrected chi connectivity index (χ4v) is 3.18. The highest BCUT2D eigenvalue weighted by Gasteiger charge is 2.37. The van der Waals surface area contributed by atoms with E-state index in [1.807, 2.05) is 19.1 Å². The average molecular weight is 302 g/mol. The molecular formula is C14H18N6O2. The van der Waals surface area contributed by atoms with E-state index in [9.17, 15) is 4.79 Å². The number of anilines is 1. The molecule has 0 aliphatic carbocycles. The summed E-state index contributed by atoms with van der Waals surface area (Å²) in [5.74, 6) is 0.833. The van der Waals surface area contributed by atoms with Crippen molar-refractivity contribution < 1.29 is 9.53 Å². The Labute approximate surface area is 127 Å². The van der Waals surface area contributed by atoms with Gasteiger partial charge < -0.3 is 9.64 Å². The van der Waals surface area contributed by atoms with Crippen molar-refractivity contribution in [3.8, 4) is 0 Å². The second kappa shape index (κ2) is 5.20. The summed E-state index contributed by atoms with van der Waals surface area (Å²) in [5, 5.41) is 12.3. The van der Waals surface area contributed by atoms with Gasteiger partial charge in [0.15, 0.2) is 5.65 Å². The summed E-state index contributed by atoms with van der Waals surface area (Å²) in [7, 11) is 0. The highest BCUT2D eigenvalue weighted by Crippen LogP contribution is 2.22. The number of carbonyl (C=O) groups is 1. The molecule has 8 heteroatoms. The van der Waals surface area contributed by atoms with Crippen LogP contribution in [0.4, 0.5) is 5.82 Å². The van der Waals surface area contributed by atoms with E-state index in [0.717, 1.165) is 44.1 Å². The lowest BCUT2D eigenvalue weighted by Gasteiger charge is -2.37. The van der Waals surface area contributed by atoms with Crippen molar-refractivity contribution in [2.75, 3.05) is 31.1 Å². The van der Waals surface area contributed by atoms with Gasteiger partial charge in [-0.15, -0.1) is 15.3 Å². The van der Waals surface area contributed by atoms with Crippen molar-refractivity contribution in [2.24, 2.45) is 0 Å². The maximum atomic E-state index is 11.8. The van der Waals surface area contributed by atoms with Gasteiger partial charge in [0.2, 0.25) is 0 Å². The zero-order valence-electron chi connectivity index (χ0n) is 12.4. The molecule has 0 spiro atoms. The van der Waals surface area contributed by atoms with Crippen molar-refractivity contribution in [1.29, 1.82) is 0 Å². The van der Waals surface area contributed by atoms with Crippen LogP contribution < -0.4 is 4.90 Å². The van der Waals surface area contributed by atoms with Crippen LogP contribution in [-0.4, -0.2) is 69.0 Å². The molecule has 0 aromatic carbocycles. The van der Waals surface area contributed by atoms with Gasteiger partial charge in [0.1, 0.15) is 24.3 Å². The summed E-state index contributed by atoms with van der Waals surface area (Å²) in [4.78, 5) is 16.3. The molecule has 2 saturated heterocycles. The Balaban J connectivity index is 1.44. The summed E-state index contributed by atoms with van der Waals surface area (Å²) in [6.07, 6.45) is 2.43. The van der Waals surface area contributed by atoms with Crippen LogP contribution in [0.25, 0.3) is 5.65 Å². The third-order valence-electron chi connectivity index (χ3n) is 4.37. The number of ether oxygens (including phenoxy) is 1. The van der Waals surface area contributed by atoms with Gasteiger partial charge in [-0.25, -0.2) is 0 Å². The predicted octanol–water partition coefficient (Wildman–Crippen LogP) is -0.0497. The molecule has 2 atom stereocenters. The van der Waals surface area contributed by atoms with E-state index in [2.05, 4.69) is 25.1 Å². The lowest BCUT2D eigenvalue weighted by atomic mass is 10.1. The number of hydrogen-bond acceptors (Lipinski definition) is 7. The van der Waals surface area contributed by atoms with Gasteiger partial charge in [0.25, 0.3) is 0 Å². The number of nitrogens with zero attached hydrogens (tertiary/aromatic N) is 6. The molecule has 0 bridgehead atoms. The molecule has 116 valence electrons. The second-order valence-electron chi connectivity index (χ2n) is 5.85. The van der Waals surface area contributed by atoms with E-state index in [-0.39, 0.29) is 18.1 Å². The Kier molecular flexibility index (Phi) is 3.18. The zero-order valence-corrected chi connectivity index (χ0v) is 12.4. The first-order valence-electron chi connectivity index (χ1n) is 7.57. The summed E-state index contributed by atoms with van der Waals surface area (Å²) >= 11 is 0. The van der Waals surface area contributed by atoms with Crippen LogP contribution in [0, 0.1) is 0 Å². The molecule has 0 N–H and O–H groups in total. The van der Waals surface area contributed by atoms with Gasteiger partial charge in [-0.1, -0.05) is 0 Å². The molecule has 8 nitrogen and oxygen atoms in total. The molecule has 0 radical (unpaired) electrons. The van der Waals surface area contributed by atoms with Gasteiger partial charge in [0.05, 0.1) is 0 Å². The molecule has 2 fully saturated rings. The summed E-state index contributed by atoms with van der Waals surface area (Å²) in [6.45, 7) is 5.33. The molecule has 22 heavy (non-hydrogen) atoms. The number of fused-ring (bicyclic) bond motifs is 1. The minimum absolute atomic E-state index is 0.0355. The quantitative estimate of drug-likeness (QED) is 0.720. The van der Waals surface area contributed by atoms with Crippen LogP contribution in [0.2, 0.25) is 0 Å². The third-order valence-corrected chi connectivity index (χ3v) is 4.37. The minimum Gasteiger partial charge on any atom is -0.461 e. The van der Waals surface area contributed by atoms with Gasteiger partial charge in [-0.3, -0.25) is 9.69 Å². The maximum absolute atomic E-state index is 11.8.